The molecule has 0 unspecified atom stereocenters. The maximum absolute atomic E-state index is 12.4. The number of carbonyl (C=O) groups is 1. The van der Waals surface area contributed by atoms with Crippen molar-refractivity contribution in [2.24, 2.45) is 0 Å². The Bertz CT molecular complexity index is 1100. The summed E-state index contributed by atoms with van der Waals surface area (Å²) < 4.78 is 5.64. The molecule has 4 rings (SSSR count). The Balaban J connectivity index is 1.36. The first-order chi connectivity index (χ1) is 13.6. The molecule has 1 aromatic carbocycles. The van der Waals surface area contributed by atoms with Gasteiger partial charge >= 0.3 is 0 Å². The highest BCUT2D eigenvalue weighted by Crippen LogP contribution is 2.25. The van der Waals surface area contributed by atoms with E-state index in [9.17, 15) is 4.79 Å². The van der Waals surface area contributed by atoms with Crippen LogP contribution in [0.3, 0.4) is 0 Å². The molecular weight excluding hydrogens is 418 g/mol. The largest absolute Gasteiger partial charge is 0.486 e. The van der Waals surface area contributed by atoms with Crippen LogP contribution in [-0.4, -0.2) is 26.1 Å². The molecule has 0 aliphatic heterocycles. The molecule has 3 aromatic heterocycles. The van der Waals surface area contributed by atoms with Gasteiger partial charge in [0.2, 0.25) is 5.95 Å². The second-order valence-electron chi connectivity index (χ2n) is 5.74. The molecule has 0 aliphatic rings. The predicted octanol–water partition coefficient (Wildman–Crippen LogP) is 4.78. The molecule has 0 radical (unpaired) electrons. The number of hydrogen-bond acceptors (Lipinski definition) is 7. The average Bonchev–Trinajstić information content (AvgIpc) is 3.42. The summed E-state index contributed by atoms with van der Waals surface area (Å²) >= 11 is 8.79. The summed E-state index contributed by atoms with van der Waals surface area (Å²) in [6.07, 6.45) is 0. The molecule has 4 aromatic rings. The molecule has 0 atom stereocenters. The Labute approximate surface area is 173 Å². The van der Waals surface area contributed by atoms with Crippen LogP contribution < -0.4 is 10.1 Å². The summed E-state index contributed by atoms with van der Waals surface area (Å²) in [5.41, 5.74) is 0.290. The Morgan fingerprint density at radius 1 is 1.21 bits per heavy atom. The van der Waals surface area contributed by atoms with Crippen molar-refractivity contribution in [2.75, 3.05) is 5.32 Å². The van der Waals surface area contributed by atoms with Crippen LogP contribution in [0.4, 0.5) is 5.95 Å². The maximum Gasteiger partial charge on any atom is 0.277 e. The lowest BCUT2D eigenvalue weighted by atomic mass is 10.3. The molecule has 3 heterocycles. The number of rotatable bonds is 6. The zero-order valence-corrected chi connectivity index (χ0v) is 17.0. The van der Waals surface area contributed by atoms with Crippen LogP contribution >= 0.6 is 34.3 Å². The van der Waals surface area contributed by atoms with E-state index in [4.69, 9.17) is 16.3 Å². The van der Waals surface area contributed by atoms with E-state index in [1.54, 1.807) is 41.0 Å². The summed E-state index contributed by atoms with van der Waals surface area (Å²) in [6, 6.07) is 11.0. The van der Waals surface area contributed by atoms with Crippen molar-refractivity contribution in [1.29, 1.82) is 0 Å². The van der Waals surface area contributed by atoms with Gasteiger partial charge in [-0.1, -0.05) is 11.6 Å². The molecule has 28 heavy (non-hydrogen) atoms. The topological polar surface area (TPSA) is 92.8 Å². The maximum atomic E-state index is 12.4. The Morgan fingerprint density at radius 2 is 2.04 bits per heavy atom. The number of aromatic amines is 1. The first kappa shape index (κ1) is 18.6. The van der Waals surface area contributed by atoms with Crippen molar-refractivity contribution >= 4 is 46.1 Å². The van der Waals surface area contributed by atoms with Gasteiger partial charge in [-0.15, -0.1) is 27.8 Å². The number of ether oxygens (including phenoxy) is 1. The van der Waals surface area contributed by atoms with Gasteiger partial charge < -0.3 is 4.74 Å². The Hall–Kier alpha value is -2.75. The molecule has 0 bridgehead atoms. The lowest BCUT2D eigenvalue weighted by Crippen LogP contribution is -2.13. The van der Waals surface area contributed by atoms with Crippen LogP contribution in [0.5, 0.6) is 5.75 Å². The number of thiophene rings is 1. The Kier molecular flexibility index (Phi) is 5.38. The highest BCUT2D eigenvalue weighted by molar-refractivity contribution is 7.15. The van der Waals surface area contributed by atoms with E-state index >= 15 is 0 Å². The van der Waals surface area contributed by atoms with E-state index < -0.39 is 0 Å². The van der Waals surface area contributed by atoms with Crippen LogP contribution in [-0.2, 0) is 6.61 Å². The van der Waals surface area contributed by atoms with Crippen molar-refractivity contribution < 1.29 is 9.53 Å². The molecule has 1 amide bonds. The molecule has 2 N–H and O–H groups in total. The number of aryl methyl sites for hydroxylation is 1. The Morgan fingerprint density at radius 3 is 2.79 bits per heavy atom. The molecule has 0 fully saturated rings. The minimum atomic E-state index is -0.373. The van der Waals surface area contributed by atoms with Crippen LogP contribution in [0.25, 0.3) is 10.7 Å². The van der Waals surface area contributed by atoms with Crippen LogP contribution in [0.2, 0.25) is 5.02 Å². The van der Waals surface area contributed by atoms with Crippen molar-refractivity contribution in [1.82, 2.24) is 20.2 Å². The van der Waals surface area contributed by atoms with Gasteiger partial charge in [-0.25, -0.2) is 4.98 Å². The van der Waals surface area contributed by atoms with E-state index in [0.29, 0.717) is 21.6 Å². The van der Waals surface area contributed by atoms with Crippen LogP contribution in [0, 0.1) is 6.92 Å². The number of benzene rings is 1. The number of amides is 1. The number of H-pyrrole nitrogens is 1. The first-order valence-electron chi connectivity index (χ1n) is 8.20. The first-order valence-corrected chi connectivity index (χ1v) is 10.3. The van der Waals surface area contributed by atoms with E-state index in [1.165, 1.54) is 16.2 Å². The normalized spacial score (nSPS) is 10.8. The second-order valence-corrected chi connectivity index (χ2v) is 8.41. The third kappa shape index (κ3) is 4.38. The van der Waals surface area contributed by atoms with Gasteiger partial charge in [0.25, 0.3) is 5.91 Å². The highest BCUT2D eigenvalue weighted by Gasteiger charge is 2.15. The minimum Gasteiger partial charge on any atom is -0.486 e. The number of aromatic nitrogens is 4. The van der Waals surface area contributed by atoms with E-state index in [-0.39, 0.29) is 24.2 Å². The summed E-state index contributed by atoms with van der Waals surface area (Å²) in [5, 5.41) is 12.5. The minimum absolute atomic E-state index is 0.206. The summed E-state index contributed by atoms with van der Waals surface area (Å²) in [7, 11) is 0. The van der Waals surface area contributed by atoms with Crippen molar-refractivity contribution in [3.05, 3.63) is 62.4 Å². The number of hydrogen-bond donors (Lipinski definition) is 2. The number of anilines is 1. The predicted molar refractivity (Wildman–Crippen MR) is 110 cm³/mol. The quantitative estimate of drug-likeness (QED) is 0.458. The van der Waals surface area contributed by atoms with Crippen molar-refractivity contribution in [2.45, 2.75) is 13.5 Å². The van der Waals surface area contributed by atoms with E-state index in [1.807, 2.05) is 19.1 Å². The van der Waals surface area contributed by atoms with Gasteiger partial charge in [0.1, 0.15) is 23.1 Å². The van der Waals surface area contributed by atoms with Crippen LogP contribution in [0.1, 0.15) is 20.4 Å². The number of nitrogens with one attached hydrogen (secondary N) is 2. The molecule has 0 spiro atoms. The summed E-state index contributed by atoms with van der Waals surface area (Å²) in [4.78, 5) is 23.1. The fraction of sp³-hybridized carbons (Fsp3) is 0.111. The number of halogens is 1. The standard InChI is InChI=1S/C18H14ClN5O2S2/c1-10-2-7-14(28-10)16-21-18(24-23-16)22-17(25)13-9-27-15(20-13)8-26-12-5-3-11(19)4-6-12/h2-7,9H,8H2,1H3,(H2,21,22,23,24,25). The van der Waals surface area contributed by atoms with Gasteiger partial charge in [-0.3, -0.25) is 15.2 Å². The lowest BCUT2D eigenvalue weighted by Gasteiger charge is -2.03. The molecule has 0 saturated carbocycles. The number of carbonyl (C=O) groups excluding carboxylic acids is 1. The fourth-order valence-corrected chi connectivity index (χ4v) is 3.93. The third-order valence-corrected chi connectivity index (χ3v) is 5.73. The smallest absolute Gasteiger partial charge is 0.277 e. The zero-order chi connectivity index (χ0) is 19.5. The van der Waals surface area contributed by atoms with Gasteiger partial charge in [0, 0.05) is 15.3 Å². The number of thiazole rings is 1. The third-order valence-electron chi connectivity index (χ3n) is 3.64. The highest BCUT2D eigenvalue weighted by atomic mass is 35.5. The van der Waals surface area contributed by atoms with Crippen LogP contribution in [0.15, 0.2) is 41.8 Å². The van der Waals surface area contributed by atoms with E-state index in [0.717, 1.165) is 4.88 Å². The summed E-state index contributed by atoms with van der Waals surface area (Å²) in [6.45, 7) is 2.28. The van der Waals surface area contributed by atoms with Gasteiger partial charge in [0.05, 0.1) is 4.88 Å². The average molecular weight is 432 g/mol. The molecule has 0 saturated heterocycles. The molecule has 0 aliphatic carbocycles. The SMILES string of the molecule is Cc1ccc(-c2nc(NC(=O)c3csc(COc4ccc(Cl)cc4)n3)n[nH]2)s1. The van der Waals surface area contributed by atoms with Gasteiger partial charge in [-0.05, 0) is 43.3 Å². The van der Waals surface area contributed by atoms with Crippen molar-refractivity contribution in [3.63, 3.8) is 0 Å². The van der Waals surface area contributed by atoms with E-state index in [2.05, 4.69) is 25.5 Å². The summed E-state index contributed by atoms with van der Waals surface area (Å²) in [5.74, 6) is 1.13. The molecule has 7 nitrogen and oxygen atoms in total. The fourth-order valence-electron chi connectivity index (χ4n) is 2.31. The van der Waals surface area contributed by atoms with Gasteiger partial charge in [-0.2, -0.15) is 4.98 Å². The number of nitrogens with zero attached hydrogens (tertiary/aromatic N) is 3. The van der Waals surface area contributed by atoms with Gasteiger partial charge in [0.15, 0.2) is 5.82 Å². The second kappa shape index (κ2) is 8.09. The molecule has 10 heteroatoms. The molecule has 142 valence electrons. The van der Waals surface area contributed by atoms with Crippen molar-refractivity contribution in [3.8, 4) is 16.5 Å². The molecular formula is C18H14ClN5O2S2. The lowest BCUT2D eigenvalue weighted by molar-refractivity contribution is 0.102. The monoisotopic (exact) mass is 431 g/mol. The zero-order valence-electron chi connectivity index (χ0n) is 14.6.